The van der Waals surface area contributed by atoms with E-state index in [1.165, 1.54) is 38.7 Å². The van der Waals surface area contributed by atoms with Crippen LogP contribution < -0.4 is 4.90 Å². The Hall–Kier alpha value is -3.13. The van der Waals surface area contributed by atoms with Gasteiger partial charge in [-0.2, -0.15) is 0 Å². The predicted octanol–water partition coefficient (Wildman–Crippen LogP) is 6.42. The monoisotopic (exact) mass is 352 g/mol. The Balaban J connectivity index is 2.07. The number of benzene rings is 3. The van der Waals surface area contributed by atoms with E-state index in [1.54, 1.807) is 0 Å². The molecule has 0 aliphatic heterocycles. The first-order valence-corrected chi connectivity index (χ1v) is 9.60. The summed E-state index contributed by atoms with van der Waals surface area (Å²) in [5, 5.41) is 2.52. The second-order valence-electron chi connectivity index (χ2n) is 6.64. The fourth-order valence-electron chi connectivity index (χ4n) is 3.84. The Bertz CT molecular complexity index is 1050. The minimum absolute atomic E-state index is 0.971. The normalized spacial score (nSPS) is 10.9. The fourth-order valence-corrected chi connectivity index (χ4v) is 3.84. The van der Waals surface area contributed by atoms with Crippen LogP contribution in [0.3, 0.4) is 0 Å². The van der Waals surface area contributed by atoms with Crippen molar-refractivity contribution in [3.05, 3.63) is 85.2 Å². The Labute approximate surface area is 161 Å². The summed E-state index contributed by atoms with van der Waals surface area (Å²) in [5.41, 5.74) is 6.16. The van der Waals surface area contributed by atoms with Crippen LogP contribution in [0.15, 0.2) is 85.2 Å². The van der Waals surface area contributed by atoms with Gasteiger partial charge in [-0.1, -0.05) is 66.7 Å². The molecule has 27 heavy (non-hydrogen) atoms. The van der Waals surface area contributed by atoms with Crippen LogP contribution in [0, 0.1) is 0 Å². The lowest BCUT2D eigenvalue weighted by Crippen LogP contribution is -2.22. The first-order chi connectivity index (χ1) is 13.3. The molecule has 2 heteroatoms. The lowest BCUT2D eigenvalue weighted by atomic mass is 9.89. The third-order valence-corrected chi connectivity index (χ3v) is 5.19. The Kier molecular flexibility index (Phi) is 4.88. The zero-order chi connectivity index (χ0) is 18.6. The largest absolute Gasteiger partial charge is 0.371 e. The van der Waals surface area contributed by atoms with Crippen LogP contribution in [0.4, 0.5) is 5.69 Å². The molecule has 0 fully saturated rings. The summed E-state index contributed by atoms with van der Waals surface area (Å²) in [6.45, 7) is 6.35. The van der Waals surface area contributed by atoms with E-state index in [1.807, 2.05) is 12.4 Å². The van der Waals surface area contributed by atoms with Gasteiger partial charge < -0.3 is 4.90 Å². The van der Waals surface area contributed by atoms with Crippen molar-refractivity contribution in [1.29, 1.82) is 0 Å². The summed E-state index contributed by atoms with van der Waals surface area (Å²) in [6.07, 6.45) is 3.91. The van der Waals surface area contributed by atoms with Crippen molar-refractivity contribution in [3.63, 3.8) is 0 Å². The smallest absolute Gasteiger partial charge is 0.0477 e. The summed E-state index contributed by atoms with van der Waals surface area (Å²) in [5.74, 6) is 0. The lowest BCUT2D eigenvalue weighted by Gasteiger charge is -2.25. The summed E-state index contributed by atoms with van der Waals surface area (Å²) >= 11 is 0. The van der Waals surface area contributed by atoms with Gasteiger partial charge in [0.1, 0.15) is 0 Å². The number of pyridine rings is 1. The highest BCUT2D eigenvalue weighted by atomic mass is 15.1. The molecule has 0 saturated heterocycles. The number of hydrogen-bond donors (Lipinski definition) is 0. The van der Waals surface area contributed by atoms with E-state index in [9.17, 15) is 0 Å². The zero-order valence-electron chi connectivity index (χ0n) is 15.9. The van der Waals surface area contributed by atoms with Crippen LogP contribution in [0.1, 0.15) is 13.8 Å². The standard InChI is InChI=1S/C25H24N2/c1-3-27(4-2)24-16-17-26-18-23(24)25-21-13-9-8-12-20(21)14-15-22(25)19-10-6-5-7-11-19/h5-18H,3-4H2,1-2H3. The summed E-state index contributed by atoms with van der Waals surface area (Å²) in [4.78, 5) is 6.88. The number of nitrogens with zero attached hydrogens (tertiary/aromatic N) is 2. The van der Waals surface area contributed by atoms with Crippen LogP contribution in [0.2, 0.25) is 0 Å². The molecule has 0 unspecified atom stereocenters. The highest BCUT2D eigenvalue weighted by Gasteiger charge is 2.17. The quantitative estimate of drug-likeness (QED) is 0.412. The van der Waals surface area contributed by atoms with Gasteiger partial charge in [0.15, 0.2) is 0 Å². The van der Waals surface area contributed by atoms with Crippen LogP contribution in [0.5, 0.6) is 0 Å². The van der Waals surface area contributed by atoms with Gasteiger partial charge in [0, 0.05) is 42.3 Å². The second kappa shape index (κ2) is 7.63. The molecular formula is C25H24N2. The van der Waals surface area contributed by atoms with Gasteiger partial charge in [0.2, 0.25) is 0 Å². The number of hydrogen-bond acceptors (Lipinski definition) is 2. The molecule has 4 rings (SSSR count). The number of rotatable bonds is 5. The highest BCUT2D eigenvalue weighted by Crippen LogP contribution is 2.41. The molecule has 3 aromatic carbocycles. The maximum absolute atomic E-state index is 4.49. The van der Waals surface area contributed by atoms with Gasteiger partial charge in [0.25, 0.3) is 0 Å². The Morgan fingerprint density at radius 2 is 1.48 bits per heavy atom. The van der Waals surface area contributed by atoms with Crippen molar-refractivity contribution in [2.45, 2.75) is 13.8 Å². The first kappa shape index (κ1) is 17.3. The summed E-state index contributed by atoms with van der Waals surface area (Å²) < 4.78 is 0. The van der Waals surface area contributed by atoms with E-state index < -0.39 is 0 Å². The Morgan fingerprint density at radius 3 is 2.26 bits per heavy atom. The molecule has 134 valence electrons. The fraction of sp³-hybridized carbons (Fsp3) is 0.160. The van der Waals surface area contributed by atoms with Gasteiger partial charge >= 0.3 is 0 Å². The van der Waals surface area contributed by atoms with E-state index in [2.05, 4.69) is 96.5 Å². The molecule has 0 amide bonds. The minimum Gasteiger partial charge on any atom is -0.371 e. The molecule has 1 heterocycles. The van der Waals surface area contributed by atoms with Gasteiger partial charge in [-0.15, -0.1) is 0 Å². The van der Waals surface area contributed by atoms with E-state index in [0.717, 1.165) is 13.1 Å². The summed E-state index contributed by atoms with van der Waals surface area (Å²) in [6, 6.07) is 25.8. The zero-order valence-corrected chi connectivity index (χ0v) is 15.9. The molecule has 4 aromatic rings. The Morgan fingerprint density at radius 1 is 0.741 bits per heavy atom. The van der Waals surface area contributed by atoms with Crippen LogP contribution in [-0.4, -0.2) is 18.1 Å². The first-order valence-electron chi connectivity index (χ1n) is 9.60. The minimum atomic E-state index is 0.971. The van der Waals surface area contributed by atoms with Crippen LogP contribution >= 0.6 is 0 Å². The second-order valence-corrected chi connectivity index (χ2v) is 6.64. The van der Waals surface area contributed by atoms with E-state index >= 15 is 0 Å². The average Bonchev–Trinajstić information content (AvgIpc) is 2.75. The van der Waals surface area contributed by atoms with Crippen molar-refractivity contribution in [1.82, 2.24) is 4.98 Å². The number of anilines is 1. The van der Waals surface area contributed by atoms with Crippen molar-refractivity contribution in [3.8, 4) is 22.3 Å². The lowest BCUT2D eigenvalue weighted by molar-refractivity contribution is 0.866. The van der Waals surface area contributed by atoms with Crippen LogP contribution in [-0.2, 0) is 0 Å². The number of fused-ring (bicyclic) bond motifs is 1. The molecule has 1 aromatic heterocycles. The van der Waals surface area contributed by atoms with E-state index in [4.69, 9.17) is 0 Å². The molecule has 0 aliphatic rings. The highest BCUT2D eigenvalue weighted by molar-refractivity contribution is 6.06. The molecule has 0 N–H and O–H groups in total. The molecule has 0 saturated carbocycles. The van der Waals surface area contributed by atoms with Crippen LogP contribution in [0.25, 0.3) is 33.0 Å². The van der Waals surface area contributed by atoms with Crippen molar-refractivity contribution in [2.75, 3.05) is 18.0 Å². The third kappa shape index (κ3) is 3.19. The molecule has 0 spiro atoms. The SMILES string of the molecule is CCN(CC)c1ccncc1-c1c(-c2ccccc2)ccc2ccccc12. The maximum Gasteiger partial charge on any atom is 0.0477 e. The summed E-state index contributed by atoms with van der Waals surface area (Å²) in [7, 11) is 0. The molecule has 0 radical (unpaired) electrons. The van der Waals surface area contributed by atoms with Crippen molar-refractivity contribution >= 4 is 16.5 Å². The molecule has 0 aliphatic carbocycles. The van der Waals surface area contributed by atoms with Crippen molar-refractivity contribution < 1.29 is 0 Å². The van der Waals surface area contributed by atoms with Gasteiger partial charge in [-0.05, 0) is 41.8 Å². The molecular weight excluding hydrogens is 328 g/mol. The third-order valence-electron chi connectivity index (χ3n) is 5.19. The number of aromatic nitrogens is 1. The van der Waals surface area contributed by atoms with Gasteiger partial charge in [0.05, 0.1) is 0 Å². The molecule has 0 bridgehead atoms. The average molecular weight is 352 g/mol. The van der Waals surface area contributed by atoms with Gasteiger partial charge in [-0.3, -0.25) is 4.98 Å². The molecule has 0 atom stereocenters. The van der Waals surface area contributed by atoms with Gasteiger partial charge in [-0.25, -0.2) is 0 Å². The molecule has 2 nitrogen and oxygen atoms in total. The van der Waals surface area contributed by atoms with E-state index in [-0.39, 0.29) is 0 Å². The topological polar surface area (TPSA) is 16.1 Å². The maximum atomic E-state index is 4.49. The van der Waals surface area contributed by atoms with E-state index in [0.29, 0.717) is 0 Å². The van der Waals surface area contributed by atoms with Crippen molar-refractivity contribution in [2.24, 2.45) is 0 Å². The predicted molar refractivity (Wildman–Crippen MR) is 116 cm³/mol.